The monoisotopic (exact) mass is 262 g/mol. The molecule has 1 aromatic rings. The summed E-state index contributed by atoms with van der Waals surface area (Å²) in [5, 5.41) is 5.54. The summed E-state index contributed by atoms with van der Waals surface area (Å²) >= 11 is 0. The van der Waals surface area contributed by atoms with Crippen molar-refractivity contribution in [2.75, 3.05) is 17.2 Å². The van der Waals surface area contributed by atoms with E-state index in [4.69, 9.17) is 4.74 Å². The van der Waals surface area contributed by atoms with Crippen molar-refractivity contribution >= 4 is 23.4 Å². The summed E-state index contributed by atoms with van der Waals surface area (Å²) in [5.41, 5.74) is 2.20. The minimum atomic E-state index is -0.490. The van der Waals surface area contributed by atoms with Crippen LogP contribution in [0.4, 0.5) is 16.2 Å². The van der Waals surface area contributed by atoms with E-state index in [-0.39, 0.29) is 11.8 Å². The van der Waals surface area contributed by atoms with Crippen LogP contribution in [0.5, 0.6) is 0 Å². The Bertz CT molecular complexity index is 495. The second-order valence-electron chi connectivity index (χ2n) is 4.59. The van der Waals surface area contributed by atoms with Gasteiger partial charge in [-0.05, 0) is 44.4 Å². The SMILES string of the molecule is CCOC(=O)Nc1cccc(NC(=O)C2CC2)c1C. The number of amides is 2. The molecule has 0 aliphatic heterocycles. The zero-order valence-electron chi connectivity index (χ0n) is 11.2. The van der Waals surface area contributed by atoms with Gasteiger partial charge in [0.15, 0.2) is 0 Å². The highest BCUT2D eigenvalue weighted by Crippen LogP contribution is 2.31. The molecule has 0 unspecified atom stereocenters. The van der Waals surface area contributed by atoms with Crippen LogP contribution in [0.2, 0.25) is 0 Å². The summed E-state index contributed by atoms with van der Waals surface area (Å²) in [6.45, 7) is 3.92. The predicted molar refractivity (Wildman–Crippen MR) is 73.2 cm³/mol. The van der Waals surface area contributed by atoms with Crippen molar-refractivity contribution in [2.24, 2.45) is 5.92 Å². The van der Waals surface area contributed by atoms with Gasteiger partial charge in [0.1, 0.15) is 0 Å². The highest BCUT2D eigenvalue weighted by molar-refractivity contribution is 5.96. The van der Waals surface area contributed by atoms with Crippen LogP contribution in [0.25, 0.3) is 0 Å². The molecule has 1 aromatic carbocycles. The number of carbonyl (C=O) groups is 2. The first kappa shape index (κ1) is 13.4. The number of ether oxygens (including phenoxy) is 1. The van der Waals surface area contributed by atoms with Crippen molar-refractivity contribution in [3.05, 3.63) is 23.8 Å². The molecule has 2 rings (SSSR count). The first-order valence-corrected chi connectivity index (χ1v) is 6.46. The Morgan fingerprint density at radius 3 is 2.47 bits per heavy atom. The topological polar surface area (TPSA) is 67.4 Å². The molecule has 19 heavy (non-hydrogen) atoms. The van der Waals surface area contributed by atoms with E-state index < -0.39 is 6.09 Å². The summed E-state index contributed by atoms with van der Waals surface area (Å²) in [7, 11) is 0. The van der Waals surface area contributed by atoms with Gasteiger partial charge in [-0.15, -0.1) is 0 Å². The number of anilines is 2. The normalized spacial score (nSPS) is 13.8. The van der Waals surface area contributed by atoms with Crippen molar-refractivity contribution in [2.45, 2.75) is 26.7 Å². The van der Waals surface area contributed by atoms with Gasteiger partial charge in [0.2, 0.25) is 5.91 Å². The van der Waals surface area contributed by atoms with Crippen molar-refractivity contribution in [3.8, 4) is 0 Å². The van der Waals surface area contributed by atoms with Crippen LogP contribution in [-0.4, -0.2) is 18.6 Å². The van der Waals surface area contributed by atoms with Gasteiger partial charge in [-0.2, -0.15) is 0 Å². The minimum absolute atomic E-state index is 0.0522. The number of hydrogen-bond acceptors (Lipinski definition) is 3. The molecule has 102 valence electrons. The van der Waals surface area contributed by atoms with E-state index in [9.17, 15) is 9.59 Å². The van der Waals surface area contributed by atoms with Crippen LogP contribution in [0.15, 0.2) is 18.2 Å². The maximum absolute atomic E-state index is 11.7. The largest absolute Gasteiger partial charge is 0.450 e. The van der Waals surface area contributed by atoms with Crippen LogP contribution in [0.1, 0.15) is 25.3 Å². The Morgan fingerprint density at radius 1 is 1.26 bits per heavy atom. The molecule has 1 aliphatic rings. The number of carbonyl (C=O) groups excluding carboxylic acids is 2. The number of benzene rings is 1. The van der Waals surface area contributed by atoms with Crippen molar-refractivity contribution < 1.29 is 14.3 Å². The summed E-state index contributed by atoms with van der Waals surface area (Å²) in [4.78, 5) is 23.1. The maximum Gasteiger partial charge on any atom is 0.411 e. The molecule has 0 radical (unpaired) electrons. The summed E-state index contributed by atoms with van der Waals surface area (Å²) in [5.74, 6) is 0.206. The smallest absolute Gasteiger partial charge is 0.411 e. The fourth-order valence-corrected chi connectivity index (χ4v) is 1.76. The highest BCUT2D eigenvalue weighted by atomic mass is 16.5. The third kappa shape index (κ3) is 3.47. The van der Waals surface area contributed by atoms with Gasteiger partial charge in [0.05, 0.1) is 6.61 Å². The lowest BCUT2D eigenvalue weighted by Gasteiger charge is -2.13. The van der Waals surface area contributed by atoms with Crippen LogP contribution in [0.3, 0.4) is 0 Å². The molecule has 2 amide bonds. The third-order valence-corrected chi connectivity index (χ3v) is 3.05. The first-order valence-electron chi connectivity index (χ1n) is 6.46. The van der Waals surface area contributed by atoms with Crippen LogP contribution < -0.4 is 10.6 Å². The number of nitrogens with one attached hydrogen (secondary N) is 2. The Hall–Kier alpha value is -2.04. The van der Waals surface area contributed by atoms with Crippen LogP contribution >= 0.6 is 0 Å². The second-order valence-corrected chi connectivity index (χ2v) is 4.59. The molecule has 5 nitrogen and oxygen atoms in total. The molecule has 0 spiro atoms. The van der Waals surface area contributed by atoms with E-state index in [0.717, 1.165) is 24.1 Å². The molecule has 1 saturated carbocycles. The van der Waals surface area contributed by atoms with Gasteiger partial charge in [-0.3, -0.25) is 10.1 Å². The van der Waals surface area contributed by atoms with E-state index >= 15 is 0 Å². The maximum atomic E-state index is 11.7. The van der Waals surface area contributed by atoms with Gasteiger partial charge in [0.25, 0.3) is 0 Å². The van der Waals surface area contributed by atoms with Crippen LogP contribution in [-0.2, 0) is 9.53 Å². The van der Waals surface area contributed by atoms with Gasteiger partial charge >= 0.3 is 6.09 Å². The van der Waals surface area contributed by atoms with E-state index in [0.29, 0.717) is 12.3 Å². The fourth-order valence-electron chi connectivity index (χ4n) is 1.76. The Labute approximate surface area is 112 Å². The highest BCUT2D eigenvalue weighted by Gasteiger charge is 2.29. The quantitative estimate of drug-likeness (QED) is 0.876. The molecule has 0 aromatic heterocycles. The fraction of sp³-hybridized carbons (Fsp3) is 0.429. The predicted octanol–water partition coefficient (Wildman–Crippen LogP) is 2.91. The van der Waals surface area contributed by atoms with Crippen LogP contribution in [0, 0.1) is 12.8 Å². The van der Waals surface area contributed by atoms with E-state index in [1.165, 1.54) is 0 Å². The second kappa shape index (κ2) is 5.73. The lowest BCUT2D eigenvalue weighted by molar-refractivity contribution is -0.117. The van der Waals surface area contributed by atoms with Gasteiger partial charge < -0.3 is 10.1 Å². The molecular weight excluding hydrogens is 244 g/mol. The van der Waals surface area contributed by atoms with Gasteiger partial charge in [-0.1, -0.05) is 6.07 Å². The molecular formula is C14H18N2O3. The molecule has 0 bridgehead atoms. The number of hydrogen-bond donors (Lipinski definition) is 2. The lowest BCUT2D eigenvalue weighted by Crippen LogP contribution is -2.17. The minimum Gasteiger partial charge on any atom is -0.450 e. The zero-order valence-corrected chi connectivity index (χ0v) is 11.2. The molecule has 1 fully saturated rings. The standard InChI is InChI=1S/C14H18N2O3/c1-3-19-14(18)16-12-6-4-5-11(9(12)2)15-13(17)10-7-8-10/h4-6,10H,3,7-8H2,1-2H3,(H,15,17)(H,16,18). The molecule has 5 heteroatoms. The van der Waals surface area contributed by atoms with E-state index in [1.54, 1.807) is 19.1 Å². The molecule has 0 saturated heterocycles. The molecule has 1 aliphatic carbocycles. The van der Waals surface area contributed by atoms with Crippen molar-refractivity contribution in [1.29, 1.82) is 0 Å². The average molecular weight is 262 g/mol. The average Bonchev–Trinajstić information content (AvgIpc) is 3.18. The summed E-state index contributed by atoms with van der Waals surface area (Å²) in [6.07, 6.45) is 1.44. The van der Waals surface area contributed by atoms with E-state index in [2.05, 4.69) is 10.6 Å². The van der Waals surface area contributed by atoms with Crippen molar-refractivity contribution in [3.63, 3.8) is 0 Å². The molecule has 2 N–H and O–H groups in total. The first-order chi connectivity index (χ1) is 9.11. The molecule has 0 heterocycles. The van der Waals surface area contributed by atoms with E-state index in [1.807, 2.05) is 13.0 Å². The Morgan fingerprint density at radius 2 is 1.89 bits per heavy atom. The Kier molecular flexibility index (Phi) is 4.04. The summed E-state index contributed by atoms with van der Waals surface area (Å²) < 4.78 is 4.83. The van der Waals surface area contributed by atoms with Crippen molar-refractivity contribution in [1.82, 2.24) is 0 Å². The van der Waals surface area contributed by atoms with Gasteiger partial charge in [0, 0.05) is 17.3 Å². The lowest BCUT2D eigenvalue weighted by atomic mass is 10.1. The summed E-state index contributed by atoms with van der Waals surface area (Å²) in [6, 6.07) is 5.39. The Balaban J connectivity index is 2.08. The molecule has 0 atom stereocenters. The zero-order chi connectivity index (χ0) is 13.8. The third-order valence-electron chi connectivity index (χ3n) is 3.05. The number of rotatable bonds is 4. The van der Waals surface area contributed by atoms with Gasteiger partial charge in [-0.25, -0.2) is 4.79 Å².